The topological polar surface area (TPSA) is 92.3 Å². The Morgan fingerprint density at radius 1 is 1.00 bits per heavy atom. The van der Waals surface area contributed by atoms with Crippen molar-refractivity contribution < 1.29 is 18.0 Å². The zero-order valence-electron chi connectivity index (χ0n) is 15.9. The lowest BCUT2D eigenvalue weighted by Gasteiger charge is -2.18. The minimum absolute atomic E-state index is 0.0392. The van der Waals surface area contributed by atoms with Gasteiger partial charge in [0.25, 0.3) is 5.91 Å². The summed E-state index contributed by atoms with van der Waals surface area (Å²) in [5.41, 5.74) is 1.92. The number of benzene rings is 2. The van der Waals surface area contributed by atoms with Crippen molar-refractivity contribution in [2.45, 2.75) is 37.6 Å². The molecule has 1 amide bonds. The van der Waals surface area contributed by atoms with Gasteiger partial charge in [0, 0.05) is 12.1 Å². The van der Waals surface area contributed by atoms with E-state index in [9.17, 15) is 18.0 Å². The van der Waals surface area contributed by atoms with E-state index in [0.29, 0.717) is 11.1 Å². The van der Waals surface area contributed by atoms with Gasteiger partial charge in [-0.05, 0) is 35.7 Å². The van der Waals surface area contributed by atoms with Crippen molar-refractivity contribution in [1.29, 1.82) is 0 Å². The summed E-state index contributed by atoms with van der Waals surface area (Å²) in [6, 6.07) is 13.1. The van der Waals surface area contributed by atoms with E-state index >= 15 is 0 Å². The Labute approximate surface area is 160 Å². The molecule has 0 saturated heterocycles. The molecule has 2 rings (SSSR count). The van der Waals surface area contributed by atoms with Crippen LogP contribution in [0.4, 0.5) is 0 Å². The SMILES string of the molecule is CNS(=O)(=O)c1cccc(CNC(=O)C(=O)c2ccc(C(C)(C)C)cc2)c1. The summed E-state index contributed by atoms with van der Waals surface area (Å²) in [5, 5.41) is 2.54. The van der Waals surface area contributed by atoms with Crippen LogP contribution in [0.5, 0.6) is 0 Å². The zero-order chi connectivity index (χ0) is 20.2. The van der Waals surface area contributed by atoms with Gasteiger partial charge in [-0.25, -0.2) is 13.1 Å². The normalized spacial score (nSPS) is 11.9. The van der Waals surface area contributed by atoms with Crippen molar-refractivity contribution in [2.75, 3.05) is 7.05 Å². The third kappa shape index (κ3) is 5.24. The largest absolute Gasteiger partial charge is 0.345 e. The standard InChI is InChI=1S/C20H24N2O4S/c1-20(2,3)16-10-8-15(9-11-16)18(23)19(24)22-13-14-6-5-7-17(12-14)27(25,26)21-4/h5-12,21H,13H2,1-4H3,(H,22,24). The van der Waals surface area contributed by atoms with Crippen molar-refractivity contribution in [3.8, 4) is 0 Å². The van der Waals surface area contributed by atoms with Gasteiger partial charge in [-0.1, -0.05) is 57.2 Å². The van der Waals surface area contributed by atoms with Gasteiger partial charge in [-0.3, -0.25) is 9.59 Å². The number of hydrogen-bond donors (Lipinski definition) is 2. The Hall–Kier alpha value is -2.51. The van der Waals surface area contributed by atoms with Gasteiger partial charge >= 0.3 is 0 Å². The molecule has 0 aromatic heterocycles. The second-order valence-corrected chi connectivity index (χ2v) is 9.08. The molecule has 0 unspecified atom stereocenters. The minimum Gasteiger partial charge on any atom is -0.345 e. The first-order valence-corrected chi connectivity index (χ1v) is 9.98. The minimum atomic E-state index is -3.56. The van der Waals surface area contributed by atoms with Crippen LogP contribution in [0.1, 0.15) is 42.3 Å². The molecular formula is C20H24N2O4S. The predicted molar refractivity (Wildman–Crippen MR) is 104 cm³/mol. The molecule has 7 heteroatoms. The van der Waals surface area contributed by atoms with Crippen molar-refractivity contribution in [3.63, 3.8) is 0 Å². The van der Waals surface area contributed by atoms with Crippen LogP contribution in [0, 0.1) is 0 Å². The molecule has 0 aliphatic heterocycles. The lowest BCUT2D eigenvalue weighted by molar-refractivity contribution is -0.117. The van der Waals surface area contributed by atoms with E-state index in [2.05, 4.69) is 30.8 Å². The maximum atomic E-state index is 12.3. The van der Waals surface area contributed by atoms with Gasteiger partial charge in [-0.15, -0.1) is 0 Å². The van der Waals surface area contributed by atoms with Gasteiger partial charge in [-0.2, -0.15) is 0 Å². The molecular weight excluding hydrogens is 364 g/mol. The maximum absolute atomic E-state index is 12.3. The summed E-state index contributed by atoms with van der Waals surface area (Å²) in [7, 11) is -2.24. The fourth-order valence-corrected chi connectivity index (χ4v) is 3.26. The molecule has 6 nitrogen and oxygen atoms in total. The molecule has 2 N–H and O–H groups in total. The summed E-state index contributed by atoms with van der Waals surface area (Å²) < 4.78 is 25.9. The first-order chi connectivity index (χ1) is 12.5. The van der Waals surface area contributed by atoms with Crippen LogP contribution in [0.3, 0.4) is 0 Å². The van der Waals surface area contributed by atoms with Crippen molar-refractivity contribution in [1.82, 2.24) is 10.0 Å². The van der Waals surface area contributed by atoms with Crippen LogP contribution in [0.2, 0.25) is 0 Å². The first-order valence-electron chi connectivity index (χ1n) is 8.50. The van der Waals surface area contributed by atoms with Crippen molar-refractivity contribution >= 4 is 21.7 Å². The number of sulfonamides is 1. The van der Waals surface area contributed by atoms with Gasteiger partial charge in [0.15, 0.2) is 0 Å². The van der Waals surface area contributed by atoms with Crippen LogP contribution in [-0.2, 0) is 26.8 Å². The summed E-state index contributed by atoms with van der Waals surface area (Å²) in [6.45, 7) is 6.26. The molecule has 0 aliphatic carbocycles. The Kier molecular flexibility index (Phi) is 6.18. The Bertz CT molecular complexity index is 943. The summed E-state index contributed by atoms with van der Waals surface area (Å²) in [5.74, 6) is -1.37. The van der Waals surface area contributed by atoms with Gasteiger partial charge in [0.05, 0.1) is 4.90 Å². The Balaban J connectivity index is 2.05. The van der Waals surface area contributed by atoms with Gasteiger partial charge < -0.3 is 5.32 Å². The fourth-order valence-electron chi connectivity index (χ4n) is 2.46. The Morgan fingerprint density at radius 3 is 2.19 bits per heavy atom. The second-order valence-electron chi connectivity index (χ2n) is 7.19. The number of ketones is 1. The molecule has 144 valence electrons. The average Bonchev–Trinajstić information content (AvgIpc) is 2.65. The highest BCUT2D eigenvalue weighted by Gasteiger charge is 2.18. The molecule has 0 aliphatic rings. The predicted octanol–water partition coefficient (Wildman–Crippen LogP) is 2.39. The van der Waals surface area contributed by atoms with E-state index in [4.69, 9.17) is 0 Å². The maximum Gasteiger partial charge on any atom is 0.292 e. The van der Waals surface area contributed by atoms with E-state index < -0.39 is 21.7 Å². The molecule has 0 bridgehead atoms. The molecule has 0 atom stereocenters. The smallest absolute Gasteiger partial charge is 0.292 e. The fraction of sp³-hybridized carbons (Fsp3) is 0.300. The number of nitrogens with one attached hydrogen (secondary N) is 2. The monoisotopic (exact) mass is 388 g/mol. The number of amides is 1. The number of Topliss-reactive ketones (excluding diaryl/α,β-unsaturated/α-hetero) is 1. The molecule has 0 saturated carbocycles. The second kappa shape index (κ2) is 8.02. The van der Waals surface area contributed by atoms with Crippen LogP contribution in [-0.4, -0.2) is 27.2 Å². The summed E-state index contributed by atoms with van der Waals surface area (Å²) >= 11 is 0. The van der Waals surface area contributed by atoms with Crippen LogP contribution in [0.15, 0.2) is 53.4 Å². The van der Waals surface area contributed by atoms with Crippen LogP contribution < -0.4 is 10.0 Å². The molecule has 2 aromatic rings. The van der Waals surface area contributed by atoms with E-state index in [1.165, 1.54) is 19.2 Å². The van der Waals surface area contributed by atoms with E-state index in [-0.39, 0.29) is 16.9 Å². The third-order valence-electron chi connectivity index (χ3n) is 4.15. The van der Waals surface area contributed by atoms with Crippen molar-refractivity contribution in [2.24, 2.45) is 0 Å². The quantitative estimate of drug-likeness (QED) is 0.587. The Morgan fingerprint density at radius 2 is 1.63 bits per heavy atom. The highest BCUT2D eigenvalue weighted by molar-refractivity contribution is 7.89. The highest BCUT2D eigenvalue weighted by Crippen LogP contribution is 2.22. The first kappa shape index (κ1) is 20.8. The van der Waals surface area contributed by atoms with Crippen LogP contribution in [0.25, 0.3) is 0 Å². The van der Waals surface area contributed by atoms with Crippen molar-refractivity contribution in [3.05, 3.63) is 65.2 Å². The van der Waals surface area contributed by atoms with Gasteiger partial charge in [0.2, 0.25) is 15.8 Å². The average molecular weight is 388 g/mol. The third-order valence-corrected chi connectivity index (χ3v) is 5.56. The highest BCUT2D eigenvalue weighted by atomic mass is 32.2. The van der Waals surface area contributed by atoms with E-state index in [1.807, 2.05) is 12.1 Å². The number of rotatable bonds is 6. The molecule has 27 heavy (non-hydrogen) atoms. The molecule has 0 spiro atoms. The molecule has 0 radical (unpaired) electrons. The molecule has 2 aromatic carbocycles. The number of carbonyl (C=O) groups excluding carboxylic acids is 2. The van der Waals surface area contributed by atoms with E-state index in [1.54, 1.807) is 24.3 Å². The summed E-state index contributed by atoms with van der Waals surface area (Å²) in [4.78, 5) is 24.5. The number of hydrogen-bond acceptors (Lipinski definition) is 4. The molecule has 0 heterocycles. The summed E-state index contributed by atoms with van der Waals surface area (Å²) in [6.07, 6.45) is 0. The van der Waals surface area contributed by atoms with E-state index in [0.717, 1.165) is 5.56 Å². The molecule has 0 fully saturated rings. The van der Waals surface area contributed by atoms with Gasteiger partial charge in [0.1, 0.15) is 0 Å². The lowest BCUT2D eigenvalue weighted by Crippen LogP contribution is -2.30. The number of carbonyl (C=O) groups is 2. The zero-order valence-corrected chi connectivity index (χ0v) is 16.7. The van der Waals surface area contributed by atoms with Crippen LogP contribution >= 0.6 is 0 Å². The lowest BCUT2D eigenvalue weighted by atomic mass is 9.86.